The van der Waals surface area contributed by atoms with E-state index in [2.05, 4.69) is 19.7 Å². The number of benzene rings is 2. The number of nitrogens with one attached hydrogen (secondary N) is 1. The Labute approximate surface area is 140 Å². The number of rotatable bonds is 3. The van der Waals surface area contributed by atoms with E-state index in [1.165, 1.54) is 24.3 Å². The molecule has 10 heteroatoms. The van der Waals surface area contributed by atoms with Crippen LogP contribution in [0.3, 0.4) is 0 Å². The van der Waals surface area contributed by atoms with Crippen molar-refractivity contribution in [1.29, 1.82) is 0 Å². The monoisotopic (exact) mass is 377 g/mol. The van der Waals surface area contributed by atoms with Gasteiger partial charge in [-0.2, -0.15) is 0 Å². The summed E-state index contributed by atoms with van der Waals surface area (Å²) in [4.78, 5) is -0.135. The molecule has 1 aromatic heterocycles. The van der Waals surface area contributed by atoms with Crippen molar-refractivity contribution in [2.45, 2.75) is 4.90 Å². The Morgan fingerprint density at radius 1 is 0.955 bits per heavy atom. The fourth-order valence-electron chi connectivity index (χ4n) is 1.81. The predicted octanol–water partition coefficient (Wildman–Crippen LogP) is 3.98. The van der Waals surface area contributed by atoms with Crippen molar-refractivity contribution in [3.63, 3.8) is 0 Å². The largest absolute Gasteiger partial charge is 0.278 e. The van der Waals surface area contributed by atoms with Crippen LogP contribution in [-0.2, 0) is 10.0 Å². The van der Waals surface area contributed by atoms with Gasteiger partial charge in [0, 0.05) is 5.02 Å². The van der Waals surface area contributed by atoms with Crippen LogP contribution in [0.15, 0.2) is 39.9 Å². The Kier molecular flexibility index (Phi) is 3.90. The summed E-state index contributed by atoms with van der Waals surface area (Å²) in [6, 6.07) is 7.12. The molecule has 114 valence electrons. The number of sulfonamides is 1. The van der Waals surface area contributed by atoms with E-state index in [1.54, 1.807) is 6.07 Å². The number of fused-ring (bicyclic) bond motifs is 1. The lowest BCUT2D eigenvalue weighted by Crippen LogP contribution is -2.13. The maximum absolute atomic E-state index is 12.5. The van der Waals surface area contributed by atoms with Crippen LogP contribution in [0.4, 0.5) is 5.69 Å². The summed E-state index contributed by atoms with van der Waals surface area (Å²) in [5.41, 5.74) is 0.327. The van der Waals surface area contributed by atoms with Gasteiger partial charge < -0.3 is 0 Å². The highest BCUT2D eigenvalue weighted by atomic mass is 35.5. The van der Waals surface area contributed by atoms with E-state index in [0.29, 0.717) is 5.02 Å². The van der Waals surface area contributed by atoms with E-state index >= 15 is 0 Å². The summed E-state index contributed by atoms with van der Waals surface area (Å²) in [5, 5.41) is 7.93. The van der Waals surface area contributed by atoms with Crippen LogP contribution in [0.25, 0.3) is 11.0 Å². The van der Waals surface area contributed by atoms with Crippen molar-refractivity contribution in [1.82, 2.24) is 10.3 Å². The van der Waals surface area contributed by atoms with E-state index in [-0.39, 0.29) is 31.7 Å². The maximum Gasteiger partial charge on any atom is 0.264 e. The van der Waals surface area contributed by atoms with Crippen LogP contribution in [0, 0.1) is 0 Å². The van der Waals surface area contributed by atoms with E-state index in [0.717, 1.165) is 0 Å². The zero-order valence-electron chi connectivity index (χ0n) is 10.5. The zero-order valence-corrected chi connectivity index (χ0v) is 13.6. The third-order valence-corrected chi connectivity index (χ3v) is 5.06. The van der Waals surface area contributed by atoms with Crippen LogP contribution in [0.2, 0.25) is 15.1 Å². The van der Waals surface area contributed by atoms with Gasteiger partial charge in [0.1, 0.15) is 4.90 Å². The lowest BCUT2D eigenvalue weighted by atomic mass is 10.3. The molecule has 0 amide bonds. The zero-order chi connectivity index (χ0) is 15.9. The first-order valence-electron chi connectivity index (χ1n) is 5.77. The van der Waals surface area contributed by atoms with Crippen LogP contribution in [0.5, 0.6) is 0 Å². The molecule has 6 nitrogen and oxygen atoms in total. The minimum absolute atomic E-state index is 0.0261. The van der Waals surface area contributed by atoms with E-state index < -0.39 is 10.0 Å². The Balaban J connectivity index is 2.11. The van der Waals surface area contributed by atoms with Crippen molar-refractivity contribution < 1.29 is 13.0 Å². The van der Waals surface area contributed by atoms with Crippen molar-refractivity contribution >= 4 is 61.5 Å². The van der Waals surface area contributed by atoms with Gasteiger partial charge in [-0.25, -0.2) is 13.0 Å². The third-order valence-electron chi connectivity index (χ3n) is 2.79. The number of halogens is 3. The first kappa shape index (κ1) is 15.4. The quantitative estimate of drug-likeness (QED) is 0.745. The molecule has 0 fully saturated rings. The molecule has 0 aliphatic rings. The van der Waals surface area contributed by atoms with Crippen LogP contribution in [0.1, 0.15) is 0 Å². The Hall–Kier alpha value is -1.54. The van der Waals surface area contributed by atoms with Gasteiger partial charge >= 0.3 is 0 Å². The summed E-state index contributed by atoms with van der Waals surface area (Å²) in [5.74, 6) is 0. The Bertz CT molecular complexity index is 972. The normalized spacial score (nSPS) is 11.8. The molecule has 0 bridgehead atoms. The van der Waals surface area contributed by atoms with Gasteiger partial charge in [0.05, 0.1) is 15.7 Å². The molecular formula is C12H6Cl3N3O3S. The maximum atomic E-state index is 12.5. The van der Waals surface area contributed by atoms with Crippen molar-refractivity contribution in [2.24, 2.45) is 0 Å². The van der Waals surface area contributed by atoms with E-state index in [9.17, 15) is 8.42 Å². The van der Waals surface area contributed by atoms with Gasteiger partial charge in [-0.05, 0) is 40.6 Å². The van der Waals surface area contributed by atoms with Gasteiger partial charge in [0.25, 0.3) is 10.0 Å². The average molecular weight is 379 g/mol. The molecule has 0 unspecified atom stereocenters. The minimum atomic E-state index is -3.98. The predicted molar refractivity (Wildman–Crippen MR) is 84.1 cm³/mol. The van der Waals surface area contributed by atoms with Crippen molar-refractivity contribution in [3.8, 4) is 0 Å². The molecule has 0 aliphatic heterocycles. The molecule has 0 spiro atoms. The molecule has 1 heterocycles. The summed E-state index contributed by atoms with van der Waals surface area (Å²) >= 11 is 17.7. The van der Waals surface area contributed by atoms with Gasteiger partial charge in [0.2, 0.25) is 0 Å². The fourth-order valence-corrected chi connectivity index (χ4v) is 3.59. The summed E-state index contributed by atoms with van der Waals surface area (Å²) < 4.78 is 31.9. The summed E-state index contributed by atoms with van der Waals surface area (Å²) in [6.45, 7) is 0. The second-order valence-electron chi connectivity index (χ2n) is 4.24. The molecule has 1 N–H and O–H groups in total. The van der Waals surface area contributed by atoms with Crippen LogP contribution in [-0.4, -0.2) is 18.7 Å². The highest BCUT2D eigenvalue weighted by molar-refractivity contribution is 7.93. The third kappa shape index (κ3) is 2.72. The molecule has 0 saturated carbocycles. The summed E-state index contributed by atoms with van der Waals surface area (Å²) in [7, 11) is -3.98. The highest BCUT2D eigenvalue weighted by Gasteiger charge is 2.23. The van der Waals surface area contributed by atoms with Gasteiger partial charge in [-0.15, -0.1) is 0 Å². The Morgan fingerprint density at radius 2 is 1.64 bits per heavy atom. The number of anilines is 1. The van der Waals surface area contributed by atoms with Crippen molar-refractivity contribution in [2.75, 3.05) is 4.72 Å². The topological polar surface area (TPSA) is 85.1 Å². The standard InChI is InChI=1S/C12H6Cl3N3O3S/c13-6-1-2-7(14)9(5-6)18-22(19,20)10-4-3-8(15)11-12(10)17-21-16-11/h1-5,18H. The number of nitrogens with zero attached hydrogens (tertiary/aromatic N) is 2. The van der Waals surface area contributed by atoms with E-state index in [1.807, 2.05) is 0 Å². The molecule has 3 rings (SSSR count). The Morgan fingerprint density at radius 3 is 2.41 bits per heavy atom. The lowest BCUT2D eigenvalue weighted by Gasteiger charge is -2.10. The average Bonchev–Trinajstić information content (AvgIpc) is 2.93. The second-order valence-corrected chi connectivity index (χ2v) is 7.14. The smallest absolute Gasteiger partial charge is 0.264 e. The number of hydrogen-bond acceptors (Lipinski definition) is 5. The second kappa shape index (κ2) is 5.58. The molecule has 0 radical (unpaired) electrons. The molecule has 3 aromatic rings. The lowest BCUT2D eigenvalue weighted by molar-refractivity contribution is 0.315. The minimum Gasteiger partial charge on any atom is -0.278 e. The number of aromatic nitrogens is 2. The molecular weight excluding hydrogens is 373 g/mol. The molecule has 0 saturated heterocycles. The van der Waals surface area contributed by atoms with Crippen LogP contribution < -0.4 is 4.72 Å². The van der Waals surface area contributed by atoms with Crippen molar-refractivity contribution in [3.05, 3.63) is 45.4 Å². The van der Waals surface area contributed by atoms with Gasteiger partial charge in [-0.3, -0.25) is 4.72 Å². The van der Waals surface area contributed by atoms with Gasteiger partial charge in [0.15, 0.2) is 11.0 Å². The van der Waals surface area contributed by atoms with E-state index in [4.69, 9.17) is 34.8 Å². The summed E-state index contributed by atoms with van der Waals surface area (Å²) in [6.07, 6.45) is 0. The first-order chi connectivity index (χ1) is 10.4. The molecule has 0 atom stereocenters. The fraction of sp³-hybridized carbons (Fsp3) is 0. The highest BCUT2D eigenvalue weighted by Crippen LogP contribution is 2.31. The molecule has 0 aliphatic carbocycles. The first-order valence-corrected chi connectivity index (χ1v) is 8.39. The van der Waals surface area contributed by atoms with Crippen LogP contribution >= 0.6 is 34.8 Å². The van der Waals surface area contributed by atoms with Gasteiger partial charge in [-0.1, -0.05) is 34.8 Å². The number of hydrogen-bond donors (Lipinski definition) is 1. The molecule has 22 heavy (non-hydrogen) atoms. The molecule has 2 aromatic carbocycles. The SMILES string of the molecule is O=S(=O)(Nc1cc(Cl)ccc1Cl)c1ccc(Cl)c2nonc12.